The van der Waals surface area contributed by atoms with Crippen LogP contribution < -0.4 is 9.47 Å². The van der Waals surface area contributed by atoms with Crippen molar-refractivity contribution in [2.75, 3.05) is 7.11 Å². The molecule has 2 aliphatic rings. The molecule has 1 aliphatic heterocycles. The van der Waals surface area contributed by atoms with Crippen molar-refractivity contribution in [3.63, 3.8) is 0 Å². The van der Waals surface area contributed by atoms with Crippen LogP contribution in [0.2, 0.25) is 0 Å². The van der Waals surface area contributed by atoms with Gasteiger partial charge >= 0.3 is 12.1 Å². The summed E-state index contributed by atoms with van der Waals surface area (Å²) in [7, 11) is 2.36. The second-order valence-electron chi connectivity index (χ2n) is 8.29. The summed E-state index contributed by atoms with van der Waals surface area (Å²) in [4.78, 5) is 24.0. The van der Waals surface area contributed by atoms with E-state index in [1.165, 1.54) is 37.5 Å². The Morgan fingerprint density at radius 3 is 2.80 bits per heavy atom. The van der Waals surface area contributed by atoms with Gasteiger partial charge in [0.2, 0.25) is 7.09 Å². The molecule has 0 bridgehead atoms. The summed E-state index contributed by atoms with van der Waals surface area (Å²) in [5.74, 6) is -1.98. The Morgan fingerprint density at radius 1 is 1.26 bits per heavy atom. The molecule has 4 rings (SSSR count). The zero-order valence-electron chi connectivity index (χ0n) is 19.9. The largest absolute Gasteiger partial charge is 0.489 e. The molecule has 4 atom stereocenters. The molecule has 0 spiro atoms. The number of rotatable bonds is 11. The van der Waals surface area contributed by atoms with Crippen LogP contribution in [0, 0.1) is 5.92 Å². The van der Waals surface area contributed by atoms with Crippen LogP contribution in [0.15, 0.2) is 60.7 Å². The van der Waals surface area contributed by atoms with Crippen molar-refractivity contribution < 1.29 is 36.8 Å². The topological polar surface area (TPSA) is 71.1 Å². The Bertz CT molecular complexity index is 1120. The van der Waals surface area contributed by atoms with Crippen molar-refractivity contribution >= 4 is 30.7 Å². The molecule has 2 aromatic rings. The van der Waals surface area contributed by atoms with Gasteiger partial charge in [-0.05, 0) is 31.5 Å². The Balaban J connectivity index is 1.55. The van der Waals surface area contributed by atoms with Crippen LogP contribution in [0.3, 0.4) is 0 Å². The molecule has 1 radical (unpaired) electrons. The molecule has 10 heteroatoms. The first-order valence-electron chi connectivity index (χ1n) is 11.6. The van der Waals surface area contributed by atoms with Crippen molar-refractivity contribution in [1.29, 1.82) is 1.34 Å². The van der Waals surface area contributed by atoms with E-state index in [1.54, 1.807) is 6.07 Å². The molecule has 6 nitrogen and oxygen atoms in total. The summed E-state index contributed by atoms with van der Waals surface area (Å²) in [6.45, 7) is 0. The minimum absolute atomic E-state index is 0.119. The van der Waals surface area contributed by atoms with Crippen molar-refractivity contribution in [2.24, 2.45) is 5.92 Å². The van der Waals surface area contributed by atoms with E-state index in [1.807, 2.05) is 18.2 Å². The van der Waals surface area contributed by atoms with Crippen LogP contribution >= 0.6 is 11.9 Å². The van der Waals surface area contributed by atoms with Crippen LogP contribution in [-0.4, -0.2) is 45.6 Å². The van der Waals surface area contributed by atoms with Crippen LogP contribution in [0.5, 0.6) is 11.5 Å². The number of carbonyl (C=O) groups is 2. The van der Waals surface area contributed by atoms with Gasteiger partial charge in [0.25, 0.3) is 5.78 Å². The first kappa shape index (κ1) is 23.9. The number of fused-ring (bicyclic) bond motifs is 3. The number of halogens is 2. The zero-order chi connectivity index (χ0) is 25.7. The second-order valence-corrected chi connectivity index (χ2v) is 8.68. The van der Waals surface area contributed by atoms with Gasteiger partial charge in [0, 0.05) is 30.2 Å². The van der Waals surface area contributed by atoms with Crippen molar-refractivity contribution in [3.05, 3.63) is 71.8 Å². The Labute approximate surface area is 208 Å². The van der Waals surface area contributed by atoms with Crippen LogP contribution in [-0.2, 0) is 24.9 Å². The number of ketones is 1. The van der Waals surface area contributed by atoms with Gasteiger partial charge in [-0.3, -0.25) is 9.59 Å². The van der Waals surface area contributed by atoms with Gasteiger partial charge in [-0.1, -0.05) is 54.4 Å². The van der Waals surface area contributed by atoms with Gasteiger partial charge in [-0.2, -0.15) is 8.78 Å². The highest BCUT2D eigenvalue weighted by atomic mass is 32.2. The predicted molar refractivity (Wildman–Crippen MR) is 128 cm³/mol. The second kappa shape index (κ2) is 10.8. The SMILES string of the molecule is [3H][B]SO[C@@H]1C[C@@H]2Oc3c(CCC(=O)OC)cccc3[C@@H]2[C@H]1/C=C/C(=O)C(F)(F)Oc1ccccc1. The third kappa shape index (κ3) is 5.54. The first-order valence-corrected chi connectivity index (χ1v) is 11.9. The number of ether oxygens (including phenoxy) is 3. The third-order valence-electron chi connectivity index (χ3n) is 6.22. The lowest BCUT2D eigenvalue weighted by molar-refractivity contribution is -0.185. The van der Waals surface area contributed by atoms with E-state index in [2.05, 4.69) is 4.74 Å². The lowest BCUT2D eigenvalue weighted by atomic mass is 9.86. The Morgan fingerprint density at radius 2 is 2.06 bits per heavy atom. The molecule has 183 valence electrons. The van der Waals surface area contributed by atoms with Gasteiger partial charge in [-0.25, -0.2) is 0 Å². The number of esters is 1. The molecule has 0 aromatic heterocycles. The standard InChI is InChI=1S/C25H24BF2O6S/c1-31-22(30)13-10-15-6-5-9-18-23-17(19(34-35-26)14-20(23)32-24(15)18)11-12-21(29)25(27,28)33-16-7-3-2-4-8-16/h2-9,11-12,17,19-20,23,26H,10,13-14H2,1H3/b12-11+/t17-,19+,20-,23-/m0/s1/i26T. The van der Waals surface area contributed by atoms with E-state index in [0.29, 0.717) is 18.6 Å². The Hall–Kier alpha value is -2.85. The summed E-state index contributed by atoms with van der Waals surface area (Å²) in [5, 5.41) is 0. The van der Waals surface area contributed by atoms with E-state index in [9.17, 15) is 18.4 Å². The van der Waals surface area contributed by atoms with Gasteiger partial charge in [0.05, 0.1) is 13.2 Å². The molecule has 1 saturated carbocycles. The smallest absolute Gasteiger partial charge is 0.465 e. The zero-order valence-corrected chi connectivity index (χ0v) is 19.7. The third-order valence-corrected chi connectivity index (χ3v) is 6.57. The lowest BCUT2D eigenvalue weighted by Crippen LogP contribution is -2.34. The molecule has 0 unspecified atom stereocenters. The summed E-state index contributed by atoms with van der Waals surface area (Å²) in [5.41, 5.74) is 1.71. The van der Waals surface area contributed by atoms with Crippen LogP contribution in [0.4, 0.5) is 8.78 Å². The molecule has 0 N–H and O–H groups in total. The molecule has 1 aliphatic carbocycles. The summed E-state index contributed by atoms with van der Waals surface area (Å²) < 4.78 is 57.5. The minimum atomic E-state index is -4.04. The minimum Gasteiger partial charge on any atom is -0.489 e. The van der Waals surface area contributed by atoms with E-state index in [-0.39, 0.29) is 30.2 Å². The number of alkyl halides is 2. The van der Waals surface area contributed by atoms with Crippen molar-refractivity contribution in [3.8, 4) is 11.5 Å². The van der Waals surface area contributed by atoms with E-state index >= 15 is 0 Å². The number of hydrogen-bond donors (Lipinski definition) is 0. The van der Waals surface area contributed by atoms with Crippen molar-refractivity contribution in [2.45, 2.75) is 43.5 Å². The molecular formula is C25H24BF2O6S. The average Bonchev–Trinajstić information content (AvgIpc) is 3.40. The molecule has 0 amide bonds. The van der Waals surface area contributed by atoms with Crippen LogP contribution in [0.25, 0.3) is 0 Å². The monoisotopic (exact) mass is 503 g/mol. The van der Waals surface area contributed by atoms with Gasteiger partial charge in [-0.15, -0.1) is 0 Å². The van der Waals surface area contributed by atoms with Crippen molar-refractivity contribution in [1.82, 2.24) is 0 Å². The van der Waals surface area contributed by atoms with Crippen LogP contribution in [0.1, 0.15) is 29.9 Å². The normalized spacial score (nSPS) is 23.2. The molecule has 2 aromatic carbocycles. The number of carbonyl (C=O) groups excluding carboxylic acids is 2. The number of para-hydroxylation sites is 2. The molecule has 35 heavy (non-hydrogen) atoms. The van der Waals surface area contributed by atoms with E-state index < -0.39 is 23.9 Å². The lowest BCUT2D eigenvalue weighted by Gasteiger charge is -2.21. The molecule has 0 saturated heterocycles. The summed E-state index contributed by atoms with van der Waals surface area (Å²) in [6.07, 6.45) is -1.49. The predicted octanol–water partition coefficient (Wildman–Crippen LogP) is 4.30. The van der Waals surface area contributed by atoms with E-state index in [4.69, 9.17) is 15.0 Å². The number of methoxy groups -OCH3 is 1. The molecule has 1 fully saturated rings. The van der Waals surface area contributed by atoms with E-state index in [0.717, 1.165) is 36.2 Å². The summed E-state index contributed by atoms with van der Waals surface area (Å²) in [6, 6.07) is 13.0. The fourth-order valence-corrected chi connectivity index (χ4v) is 4.99. The Kier molecular flexibility index (Phi) is 7.39. The number of aryl methyl sites for hydroxylation is 1. The maximum absolute atomic E-state index is 14.5. The fourth-order valence-electron chi connectivity index (χ4n) is 4.64. The highest BCUT2D eigenvalue weighted by Crippen LogP contribution is 2.53. The number of benzene rings is 2. The maximum Gasteiger partial charge on any atom is 0.465 e. The number of hydrogen-bond acceptors (Lipinski definition) is 7. The van der Waals surface area contributed by atoms with Gasteiger partial charge in [0.15, 0.2) is 0 Å². The maximum atomic E-state index is 14.5. The van der Waals surface area contributed by atoms with Gasteiger partial charge in [0.1, 0.15) is 17.6 Å². The highest BCUT2D eigenvalue weighted by Gasteiger charge is 2.50. The molecular weight excluding hydrogens is 477 g/mol. The fraction of sp³-hybridized carbons (Fsp3) is 0.360. The average molecular weight is 503 g/mol. The quantitative estimate of drug-likeness (QED) is 0.196. The molecule has 1 heterocycles. The van der Waals surface area contributed by atoms with Gasteiger partial charge < -0.3 is 18.4 Å². The highest BCUT2D eigenvalue weighted by molar-refractivity contribution is 8.15. The first-order chi connectivity index (χ1) is 17.3. The summed E-state index contributed by atoms with van der Waals surface area (Å²) >= 11 is 0.831.